The largest absolute Gasteiger partial charge is 0.490 e. The van der Waals surface area contributed by atoms with E-state index < -0.39 is 10.5 Å². The SMILES string of the molecule is C#Cc1ccc2c(c1)[nH]c1c2c(=O)c2cc(OC(C)C)c(-c3cccc(OS(=O)(=O)F)c3)cc2n1C1CN(C)C1. The third-order valence-corrected chi connectivity index (χ3v) is 7.52. The van der Waals surface area contributed by atoms with Gasteiger partial charge in [-0.3, -0.25) is 4.79 Å². The zero-order valence-corrected chi connectivity index (χ0v) is 22.9. The van der Waals surface area contributed by atoms with Crippen LogP contribution in [0.15, 0.2) is 59.4 Å². The van der Waals surface area contributed by atoms with E-state index in [0.29, 0.717) is 44.4 Å². The number of terminal acetylenes is 1. The van der Waals surface area contributed by atoms with Gasteiger partial charge in [0.1, 0.15) is 17.1 Å². The summed E-state index contributed by atoms with van der Waals surface area (Å²) in [6.45, 7) is 5.32. The molecule has 0 atom stereocenters. The summed E-state index contributed by atoms with van der Waals surface area (Å²) in [5.74, 6) is 2.91. The van der Waals surface area contributed by atoms with Gasteiger partial charge in [-0.2, -0.15) is 8.42 Å². The molecule has 0 radical (unpaired) electrons. The van der Waals surface area contributed by atoms with Gasteiger partial charge in [-0.25, -0.2) is 0 Å². The molecule has 1 aliphatic rings. The zero-order valence-electron chi connectivity index (χ0n) is 22.1. The zero-order chi connectivity index (χ0) is 28.3. The highest BCUT2D eigenvalue weighted by Gasteiger charge is 2.30. The number of likely N-dealkylation sites (N-methyl/N-ethyl adjacent to an activating group) is 1. The molecule has 0 unspecified atom stereocenters. The van der Waals surface area contributed by atoms with E-state index in [1.165, 1.54) is 12.1 Å². The Morgan fingerprint density at radius 3 is 2.55 bits per heavy atom. The predicted molar refractivity (Wildman–Crippen MR) is 154 cm³/mol. The van der Waals surface area contributed by atoms with Crippen LogP contribution in [0, 0.1) is 12.3 Å². The van der Waals surface area contributed by atoms with Gasteiger partial charge in [0.2, 0.25) is 0 Å². The maximum atomic E-state index is 14.1. The van der Waals surface area contributed by atoms with Gasteiger partial charge < -0.3 is 23.4 Å². The molecule has 0 spiro atoms. The second-order valence-electron chi connectivity index (χ2n) is 10.4. The molecule has 1 fully saturated rings. The van der Waals surface area contributed by atoms with Crippen LogP contribution >= 0.6 is 0 Å². The molecule has 10 heteroatoms. The Balaban J connectivity index is 1.69. The molecule has 204 valence electrons. The quantitative estimate of drug-likeness (QED) is 0.229. The number of aromatic nitrogens is 2. The monoisotopic (exact) mass is 559 g/mol. The van der Waals surface area contributed by atoms with Crippen molar-refractivity contribution in [3.63, 3.8) is 0 Å². The van der Waals surface area contributed by atoms with Crippen LogP contribution in [-0.2, 0) is 10.5 Å². The number of nitrogens with zero attached hydrogens (tertiary/aromatic N) is 2. The number of H-pyrrole nitrogens is 1. The van der Waals surface area contributed by atoms with Gasteiger partial charge >= 0.3 is 10.5 Å². The molecule has 2 aromatic heterocycles. The van der Waals surface area contributed by atoms with Crippen LogP contribution in [0.1, 0.15) is 25.5 Å². The third-order valence-electron chi connectivity index (χ3n) is 7.13. The van der Waals surface area contributed by atoms with E-state index in [2.05, 4.69) is 24.6 Å². The summed E-state index contributed by atoms with van der Waals surface area (Å²) in [5.41, 5.74) is 3.87. The first-order valence-electron chi connectivity index (χ1n) is 12.8. The van der Waals surface area contributed by atoms with Crippen molar-refractivity contribution < 1.29 is 21.2 Å². The van der Waals surface area contributed by atoms with Crippen LogP contribution in [0.25, 0.3) is 44.0 Å². The number of likely N-dealkylation sites (tertiary alicyclic amines) is 1. The second kappa shape index (κ2) is 9.40. The van der Waals surface area contributed by atoms with E-state index in [4.69, 9.17) is 11.2 Å². The number of nitrogens with one attached hydrogen (secondary N) is 1. The summed E-state index contributed by atoms with van der Waals surface area (Å²) >= 11 is 0. The van der Waals surface area contributed by atoms with Crippen LogP contribution in [0.2, 0.25) is 0 Å². The smallest absolute Gasteiger partial charge is 0.488 e. The van der Waals surface area contributed by atoms with Crippen molar-refractivity contribution in [1.29, 1.82) is 0 Å². The number of benzene rings is 3. The van der Waals surface area contributed by atoms with Crippen molar-refractivity contribution in [1.82, 2.24) is 14.5 Å². The lowest BCUT2D eigenvalue weighted by atomic mass is 9.99. The fourth-order valence-electron chi connectivity index (χ4n) is 5.50. The van der Waals surface area contributed by atoms with Crippen molar-refractivity contribution >= 4 is 43.3 Å². The normalized spacial score (nSPS) is 14.6. The van der Waals surface area contributed by atoms with Crippen molar-refractivity contribution in [2.24, 2.45) is 0 Å². The van der Waals surface area contributed by atoms with E-state index in [0.717, 1.165) is 24.0 Å². The van der Waals surface area contributed by atoms with Crippen molar-refractivity contribution in [2.45, 2.75) is 26.0 Å². The third kappa shape index (κ3) is 4.47. The highest BCUT2D eigenvalue weighted by molar-refractivity contribution is 7.81. The van der Waals surface area contributed by atoms with Gasteiger partial charge in [-0.1, -0.05) is 28.0 Å². The Bertz CT molecular complexity index is 2030. The average molecular weight is 560 g/mol. The minimum atomic E-state index is -5.20. The van der Waals surface area contributed by atoms with Gasteiger partial charge in [0.15, 0.2) is 5.43 Å². The first-order chi connectivity index (χ1) is 19.0. The summed E-state index contributed by atoms with van der Waals surface area (Å²) in [5, 5.41) is 1.85. The fraction of sp³-hybridized carbons (Fsp3) is 0.233. The number of pyridine rings is 1. The molecule has 0 bridgehead atoms. The van der Waals surface area contributed by atoms with Crippen molar-refractivity contribution in [3.05, 3.63) is 70.4 Å². The van der Waals surface area contributed by atoms with E-state index in [1.807, 2.05) is 45.2 Å². The topological polar surface area (TPSA) is 93.6 Å². The van der Waals surface area contributed by atoms with E-state index in [9.17, 15) is 17.1 Å². The number of fused-ring (bicyclic) bond motifs is 4. The van der Waals surface area contributed by atoms with Gasteiger partial charge in [0.05, 0.1) is 28.4 Å². The minimum absolute atomic E-state index is 0.0897. The molecule has 40 heavy (non-hydrogen) atoms. The summed E-state index contributed by atoms with van der Waals surface area (Å²) in [6.07, 6.45) is 5.41. The molecule has 0 saturated carbocycles. The lowest BCUT2D eigenvalue weighted by Gasteiger charge is -2.39. The Labute approximate surface area is 230 Å². The second-order valence-corrected chi connectivity index (χ2v) is 11.3. The molecule has 0 aliphatic carbocycles. The average Bonchev–Trinajstić information content (AvgIpc) is 3.25. The van der Waals surface area contributed by atoms with Gasteiger partial charge in [0, 0.05) is 35.1 Å². The van der Waals surface area contributed by atoms with E-state index >= 15 is 0 Å². The number of hydrogen-bond acceptors (Lipinski definition) is 6. The van der Waals surface area contributed by atoms with Gasteiger partial charge in [-0.05, 0) is 62.9 Å². The Morgan fingerprint density at radius 1 is 1.10 bits per heavy atom. The van der Waals surface area contributed by atoms with Crippen LogP contribution in [0.5, 0.6) is 11.5 Å². The summed E-state index contributed by atoms with van der Waals surface area (Å²) in [6, 6.07) is 15.3. The minimum Gasteiger partial charge on any atom is -0.490 e. The van der Waals surface area contributed by atoms with Crippen LogP contribution in [-0.4, -0.2) is 49.1 Å². The maximum Gasteiger partial charge on any atom is 0.488 e. The van der Waals surface area contributed by atoms with Gasteiger partial charge in [-0.15, -0.1) is 6.42 Å². The van der Waals surface area contributed by atoms with Crippen LogP contribution in [0.3, 0.4) is 0 Å². The van der Waals surface area contributed by atoms with Gasteiger partial charge in [0.25, 0.3) is 0 Å². The first-order valence-corrected chi connectivity index (χ1v) is 14.1. The number of hydrogen-bond donors (Lipinski definition) is 1. The molecule has 1 saturated heterocycles. The first kappa shape index (κ1) is 25.9. The molecule has 1 N–H and O–H groups in total. The van der Waals surface area contributed by atoms with E-state index in [1.54, 1.807) is 18.2 Å². The molecule has 3 heterocycles. The Hall–Kier alpha value is -4.33. The molecule has 0 amide bonds. The number of aromatic amines is 1. The summed E-state index contributed by atoms with van der Waals surface area (Å²) < 4.78 is 48.3. The predicted octanol–water partition coefficient (Wildman–Crippen LogP) is 5.15. The van der Waals surface area contributed by atoms with Crippen LogP contribution < -0.4 is 14.3 Å². The molecule has 8 nitrogen and oxygen atoms in total. The summed E-state index contributed by atoms with van der Waals surface area (Å²) in [4.78, 5) is 19.7. The lowest BCUT2D eigenvalue weighted by molar-refractivity contribution is 0.146. The van der Waals surface area contributed by atoms with E-state index in [-0.39, 0.29) is 23.3 Å². The Morgan fingerprint density at radius 2 is 1.88 bits per heavy atom. The molecular weight excluding hydrogens is 533 g/mol. The maximum absolute atomic E-state index is 14.1. The standard InChI is InChI=1S/C30H26FN3O5S/c1-5-18-9-10-22-25(11-18)32-30-28(22)29(35)24-14-27(38-17(2)3)23(13-26(24)34(30)20-15-33(4)16-20)19-7-6-8-21(12-19)39-40(31,36)37/h1,6-14,17,20,32H,15-16H2,2-4H3. The highest BCUT2D eigenvalue weighted by Crippen LogP contribution is 2.39. The van der Waals surface area contributed by atoms with Crippen molar-refractivity contribution in [3.8, 4) is 35.0 Å². The summed E-state index contributed by atoms with van der Waals surface area (Å²) in [7, 11) is -3.17. The molecular formula is C30H26FN3O5S. The molecule has 6 rings (SSSR count). The molecule has 1 aliphatic heterocycles. The fourth-order valence-corrected chi connectivity index (χ4v) is 5.84. The highest BCUT2D eigenvalue weighted by atomic mass is 32.3. The lowest BCUT2D eigenvalue weighted by Crippen LogP contribution is -2.45. The van der Waals surface area contributed by atoms with Crippen LogP contribution in [0.4, 0.5) is 3.89 Å². The van der Waals surface area contributed by atoms with Crippen molar-refractivity contribution in [2.75, 3.05) is 20.1 Å². The molecule has 5 aromatic rings. The number of ether oxygens (including phenoxy) is 1. The number of halogens is 1. The molecule has 3 aromatic carbocycles. The Kier molecular flexibility index (Phi) is 6.09. The number of rotatable bonds is 6.